The number of rotatable bonds is 6. The van der Waals surface area contributed by atoms with E-state index >= 15 is 0 Å². The van der Waals surface area contributed by atoms with Gasteiger partial charge in [0, 0.05) is 6.54 Å². The van der Waals surface area contributed by atoms with Crippen molar-refractivity contribution in [1.29, 1.82) is 0 Å². The lowest BCUT2D eigenvalue weighted by Crippen LogP contribution is -2.38. The van der Waals surface area contributed by atoms with Gasteiger partial charge in [-0.3, -0.25) is 14.5 Å². The molecule has 4 heteroatoms. The normalized spacial score (nSPS) is 28.9. The Bertz CT molecular complexity index is 308. The van der Waals surface area contributed by atoms with Gasteiger partial charge in [-0.15, -0.1) is 0 Å². The minimum Gasteiger partial charge on any atom is -0.316 e. The number of likely N-dealkylation sites (tertiary alicyclic amines) is 1. The predicted octanol–water partition coefficient (Wildman–Crippen LogP) is 1.41. The standard InChI is InChI=1S/C14H24N2O2/c1-3-7-15-8-10(2)9-16-13(17)11-5-4-6-12(11)14(16)18/h10-12,15H,3-9H2,1-2H3. The van der Waals surface area contributed by atoms with Crippen molar-refractivity contribution < 1.29 is 9.59 Å². The molecule has 1 heterocycles. The van der Waals surface area contributed by atoms with E-state index in [9.17, 15) is 9.59 Å². The van der Waals surface area contributed by atoms with Gasteiger partial charge in [0.2, 0.25) is 11.8 Å². The van der Waals surface area contributed by atoms with Crippen molar-refractivity contribution in [2.45, 2.75) is 39.5 Å². The molecule has 1 N–H and O–H groups in total. The zero-order chi connectivity index (χ0) is 13.1. The van der Waals surface area contributed by atoms with Gasteiger partial charge in [0.15, 0.2) is 0 Å². The maximum atomic E-state index is 12.1. The summed E-state index contributed by atoms with van der Waals surface area (Å²) >= 11 is 0. The van der Waals surface area contributed by atoms with E-state index in [1.54, 1.807) is 0 Å². The van der Waals surface area contributed by atoms with Crippen molar-refractivity contribution in [3.8, 4) is 0 Å². The third-order valence-corrected chi connectivity index (χ3v) is 4.10. The summed E-state index contributed by atoms with van der Waals surface area (Å²) in [5.41, 5.74) is 0. The highest BCUT2D eigenvalue weighted by atomic mass is 16.2. The second kappa shape index (κ2) is 5.83. The zero-order valence-corrected chi connectivity index (χ0v) is 11.4. The highest BCUT2D eigenvalue weighted by molar-refractivity contribution is 6.05. The number of hydrogen-bond donors (Lipinski definition) is 1. The largest absolute Gasteiger partial charge is 0.316 e. The van der Waals surface area contributed by atoms with Crippen LogP contribution in [-0.2, 0) is 9.59 Å². The number of nitrogens with zero attached hydrogens (tertiary/aromatic N) is 1. The molecule has 2 rings (SSSR count). The van der Waals surface area contributed by atoms with Gasteiger partial charge in [-0.25, -0.2) is 0 Å². The maximum absolute atomic E-state index is 12.1. The highest BCUT2D eigenvalue weighted by Crippen LogP contribution is 2.39. The van der Waals surface area contributed by atoms with Crippen molar-refractivity contribution in [3.05, 3.63) is 0 Å². The lowest BCUT2D eigenvalue weighted by Gasteiger charge is -2.20. The summed E-state index contributed by atoms with van der Waals surface area (Å²) < 4.78 is 0. The molecule has 0 bridgehead atoms. The fourth-order valence-corrected chi connectivity index (χ4v) is 3.14. The first kappa shape index (κ1) is 13.5. The van der Waals surface area contributed by atoms with Crippen molar-refractivity contribution in [1.82, 2.24) is 10.2 Å². The minimum absolute atomic E-state index is 0.00769. The first-order valence-corrected chi connectivity index (χ1v) is 7.21. The molecule has 2 fully saturated rings. The average Bonchev–Trinajstić information content (AvgIpc) is 2.90. The summed E-state index contributed by atoms with van der Waals surface area (Å²) in [5.74, 6) is 0.527. The van der Waals surface area contributed by atoms with Crippen molar-refractivity contribution in [2.24, 2.45) is 17.8 Å². The van der Waals surface area contributed by atoms with E-state index < -0.39 is 0 Å². The molecule has 0 spiro atoms. The van der Waals surface area contributed by atoms with E-state index in [2.05, 4.69) is 19.2 Å². The van der Waals surface area contributed by atoms with Gasteiger partial charge < -0.3 is 5.32 Å². The Morgan fingerprint density at radius 1 is 1.28 bits per heavy atom. The second-order valence-corrected chi connectivity index (χ2v) is 5.74. The topological polar surface area (TPSA) is 49.4 Å². The summed E-state index contributed by atoms with van der Waals surface area (Å²) in [5, 5.41) is 3.34. The van der Waals surface area contributed by atoms with E-state index in [1.807, 2.05) is 0 Å². The number of fused-ring (bicyclic) bond motifs is 1. The molecule has 18 heavy (non-hydrogen) atoms. The van der Waals surface area contributed by atoms with Gasteiger partial charge in [-0.2, -0.15) is 0 Å². The number of nitrogens with one attached hydrogen (secondary N) is 1. The Kier molecular flexibility index (Phi) is 4.38. The van der Waals surface area contributed by atoms with Crippen LogP contribution in [0.4, 0.5) is 0 Å². The smallest absolute Gasteiger partial charge is 0.233 e. The molecule has 1 saturated carbocycles. The molecule has 1 aliphatic carbocycles. The highest BCUT2D eigenvalue weighted by Gasteiger charge is 2.49. The SMILES string of the molecule is CCCNCC(C)CN1C(=O)C2CCCC2C1=O. The summed E-state index contributed by atoms with van der Waals surface area (Å²) in [4.78, 5) is 25.8. The van der Waals surface area contributed by atoms with E-state index in [-0.39, 0.29) is 23.7 Å². The number of carbonyl (C=O) groups excluding carboxylic acids is 2. The molecule has 102 valence electrons. The average molecular weight is 252 g/mol. The molecule has 0 aromatic heterocycles. The van der Waals surface area contributed by atoms with Crippen LogP contribution in [0.3, 0.4) is 0 Å². The van der Waals surface area contributed by atoms with Crippen LogP contribution in [0.5, 0.6) is 0 Å². The van der Waals surface area contributed by atoms with Gasteiger partial charge in [-0.1, -0.05) is 20.3 Å². The van der Waals surface area contributed by atoms with Crippen molar-refractivity contribution in [3.63, 3.8) is 0 Å². The van der Waals surface area contributed by atoms with Crippen LogP contribution < -0.4 is 5.32 Å². The molecule has 0 radical (unpaired) electrons. The van der Waals surface area contributed by atoms with Crippen LogP contribution in [0, 0.1) is 17.8 Å². The molecule has 1 aliphatic heterocycles. The molecule has 0 aromatic carbocycles. The van der Waals surface area contributed by atoms with E-state index in [0.717, 1.165) is 38.8 Å². The predicted molar refractivity (Wildman–Crippen MR) is 69.9 cm³/mol. The van der Waals surface area contributed by atoms with Gasteiger partial charge >= 0.3 is 0 Å². The van der Waals surface area contributed by atoms with Crippen LogP contribution in [0.1, 0.15) is 39.5 Å². The number of hydrogen-bond acceptors (Lipinski definition) is 3. The fraction of sp³-hybridized carbons (Fsp3) is 0.857. The Hall–Kier alpha value is -0.900. The number of imide groups is 1. The summed E-state index contributed by atoms with van der Waals surface area (Å²) in [7, 11) is 0. The first-order valence-electron chi connectivity index (χ1n) is 7.21. The minimum atomic E-state index is 0.00769. The third kappa shape index (κ3) is 2.58. The zero-order valence-electron chi connectivity index (χ0n) is 11.4. The molecule has 0 aromatic rings. The summed E-state index contributed by atoms with van der Waals surface area (Å²) in [6.07, 6.45) is 3.97. The third-order valence-electron chi connectivity index (χ3n) is 4.10. The van der Waals surface area contributed by atoms with E-state index in [0.29, 0.717) is 12.5 Å². The lowest BCUT2D eigenvalue weighted by molar-refractivity contribution is -0.140. The molecule has 2 aliphatic rings. The molecular weight excluding hydrogens is 228 g/mol. The van der Waals surface area contributed by atoms with Gasteiger partial charge in [-0.05, 0) is 38.3 Å². The molecule has 3 unspecified atom stereocenters. The Morgan fingerprint density at radius 2 is 1.89 bits per heavy atom. The van der Waals surface area contributed by atoms with Crippen molar-refractivity contribution >= 4 is 11.8 Å². The number of amides is 2. The van der Waals surface area contributed by atoms with Gasteiger partial charge in [0.05, 0.1) is 11.8 Å². The van der Waals surface area contributed by atoms with Crippen LogP contribution in [0.25, 0.3) is 0 Å². The molecule has 4 nitrogen and oxygen atoms in total. The lowest BCUT2D eigenvalue weighted by atomic mass is 10.00. The molecule has 2 amide bonds. The Balaban J connectivity index is 1.86. The van der Waals surface area contributed by atoms with Crippen LogP contribution in [0.15, 0.2) is 0 Å². The number of carbonyl (C=O) groups is 2. The quantitative estimate of drug-likeness (QED) is 0.574. The van der Waals surface area contributed by atoms with Crippen LogP contribution >= 0.6 is 0 Å². The maximum Gasteiger partial charge on any atom is 0.233 e. The first-order chi connectivity index (χ1) is 8.65. The summed E-state index contributed by atoms with van der Waals surface area (Å²) in [6.45, 7) is 6.68. The van der Waals surface area contributed by atoms with E-state index in [4.69, 9.17) is 0 Å². The van der Waals surface area contributed by atoms with Crippen molar-refractivity contribution in [2.75, 3.05) is 19.6 Å². The van der Waals surface area contributed by atoms with Gasteiger partial charge in [0.1, 0.15) is 0 Å². The monoisotopic (exact) mass is 252 g/mol. The second-order valence-electron chi connectivity index (χ2n) is 5.74. The molecule has 1 saturated heterocycles. The van der Waals surface area contributed by atoms with Crippen LogP contribution in [0.2, 0.25) is 0 Å². The van der Waals surface area contributed by atoms with Crippen LogP contribution in [-0.4, -0.2) is 36.3 Å². The Labute approximate surface area is 109 Å². The van der Waals surface area contributed by atoms with E-state index in [1.165, 1.54) is 4.90 Å². The Morgan fingerprint density at radius 3 is 2.44 bits per heavy atom. The van der Waals surface area contributed by atoms with Gasteiger partial charge in [0.25, 0.3) is 0 Å². The molecule has 3 atom stereocenters. The summed E-state index contributed by atoms with van der Waals surface area (Å²) in [6, 6.07) is 0. The fourth-order valence-electron chi connectivity index (χ4n) is 3.14. The molecular formula is C14H24N2O2.